The van der Waals surface area contributed by atoms with Crippen LogP contribution in [0.5, 0.6) is 5.75 Å². The van der Waals surface area contributed by atoms with E-state index in [9.17, 15) is 4.79 Å². The third-order valence-corrected chi connectivity index (χ3v) is 4.50. The van der Waals surface area contributed by atoms with Crippen molar-refractivity contribution in [2.45, 2.75) is 38.7 Å². The molecule has 0 bridgehead atoms. The molecule has 1 amide bonds. The first-order chi connectivity index (χ1) is 11.1. The maximum atomic E-state index is 12.1. The van der Waals surface area contributed by atoms with Gasteiger partial charge in [0.25, 0.3) is 5.91 Å². The van der Waals surface area contributed by atoms with Crippen molar-refractivity contribution in [2.75, 3.05) is 26.2 Å². The lowest BCUT2D eigenvalue weighted by molar-refractivity contribution is -0.127. The van der Waals surface area contributed by atoms with Gasteiger partial charge < -0.3 is 15.0 Å². The Morgan fingerprint density at radius 1 is 1.30 bits per heavy atom. The normalized spacial score (nSPS) is 16.8. The maximum Gasteiger partial charge on any atom is 0.260 e. The topological polar surface area (TPSA) is 41.6 Å². The molecule has 6 heteroatoms. The van der Waals surface area contributed by atoms with E-state index in [4.69, 9.17) is 27.9 Å². The van der Waals surface area contributed by atoms with Gasteiger partial charge in [-0.2, -0.15) is 0 Å². The molecular weight excluding hydrogens is 335 g/mol. The minimum Gasteiger partial charge on any atom is -0.479 e. The molecule has 4 nitrogen and oxygen atoms in total. The third kappa shape index (κ3) is 6.21. The number of benzene rings is 1. The van der Waals surface area contributed by atoms with Crippen LogP contribution in [-0.4, -0.2) is 43.1 Å². The Morgan fingerprint density at radius 3 is 2.74 bits per heavy atom. The van der Waals surface area contributed by atoms with Gasteiger partial charge in [-0.25, -0.2) is 0 Å². The number of hydrogen-bond donors (Lipinski definition) is 1. The molecular formula is C17H24Cl2N2O2. The molecule has 0 saturated carbocycles. The van der Waals surface area contributed by atoms with Crippen LogP contribution in [0.1, 0.15) is 32.6 Å². The number of hydrogen-bond acceptors (Lipinski definition) is 3. The lowest BCUT2D eigenvalue weighted by Gasteiger charge is -2.26. The predicted octanol–water partition coefficient (Wildman–Crippen LogP) is 3.75. The Kier molecular flexibility index (Phi) is 7.47. The van der Waals surface area contributed by atoms with Crippen LogP contribution in [0.2, 0.25) is 10.0 Å². The fraction of sp³-hybridized carbons (Fsp3) is 0.588. The number of carbonyl (C=O) groups is 1. The number of likely N-dealkylation sites (tertiary alicyclic amines) is 1. The minimum absolute atomic E-state index is 0.130. The molecule has 23 heavy (non-hydrogen) atoms. The van der Waals surface area contributed by atoms with E-state index >= 15 is 0 Å². The number of carbonyl (C=O) groups excluding carboxylic acids is 1. The zero-order valence-corrected chi connectivity index (χ0v) is 15.0. The van der Waals surface area contributed by atoms with Gasteiger partial charge in [-0.3, -0.25) is 4.79 Å². The smallest absolute Gasteiger partial charge is 0.260 e. The van der Waals surface area contributed by atoms with Gasteiger partial charge in [0.15, 0.2) is 6.10 Å². The number of halogens is 2. The monoisotopic (exact) mass is 358 g/mol. The van der Waals surface area contributed by atoms with Gasteiger partial charge >= 0.3 is 0 Å². The summed E-state index contributed by atoms with van der Waals surface area (Å²) in [6.45, 7) is 5.78. The summed E-state index contributed by atoms with van der Waals surface area (Å²) < 4.78 is 5.60. The number of rotatable bonds is 7. The second kappa shape index (κ2) is 9.36. The van der Waals surface area contributed by atoms with Gasteiger partial charge in [-0.15, -0.1) is 0 Å². The molecule has 1 fully saturated rings. The van der Waals surface area contributed by atoms with Gasteiger partial charge in [0.05, 0.1) is 5.02 Å². The first-order valence-corrected chi connectivity index (χ1v) is 8.93. The fourth-order valence-electron chi connectivity index (χ4n) is 2.66. The summed E-state index contributed by atoms with van der Waals surface area (Å²) in [6, 6.07) is 4.96. The molecule has 1 atom stereocenters. The molecule has 1 aromatic rings. The van der Waals surface area contributed by atoms with E-state index in [1.807, 2.05) is 0 Å². The lowest BCUT2D eigenvalue weighted by Crippen LogP contribution is -2.38. The van der Waals surface area contributed by atoms with Gasteiger partial charge in [-0.1, -0.05) is 29.6 Å². The number of nitrogens with zero attached hydrogens (tertiary/aromatic N) is 1. The summed E-state index contributed by atoms with van der Waals surface area (Å²) in [5.74, 6) is 0.335. The van der Waals surface area contributed by atoms with Crippen LogP contribution in [0.3, 0.4) is 0 Å². The van der Waals surface area contributed by atoms with Gasteiger partial charge in [-0.05, 0) is 64.0 Å². The first-order valence-electron chi connectivity index (χ1n) is 8.18. The molecule has 1 aliphatic heterocycles. The highest BCUT2D eigenvalue weighted by molar-refractivity contribution is 6.35. The van der Waals surface area contributed by atoms with E-state index in [1.165, 1.54) is 32.4 Å². The van der Waals surface area contributed by atoms with Crippen molar-refractivity contribution in [3.63, 3.8) is 0 Å². The fourth-order valence-corrected chi connectivity index (χ4v) is 3.11. The number of nitrogens with one attached hydrogen (secondary N) is 1. The standard InChI is InChI=1S/C17H24Cl2N2O2/c1-13(23-16-7-6-14(18)12-15(16)19)17(22)20-8-5-11-21-9-3-2-4-10-21/h6-7,12-13H,2-5,8-11H2,1H3,(H,20,22). The summed E-state index contributed by atoms with van der Waals surface area (Å²) >= 11 is 11.9. The molecule has 128 valence electrons. The second-order valence-corrected chi connectivity index (χ2v) is 6.73. The van der Waals surface area contributed by atoms with Crippen LogP contribution >= 0.6 is 23.2 Å². The molecule has 1 unspecified atom stereocenters. The maximum absolute atomic E-state index is 12.1. The molecule has 1 saturated heterocycles. The second-order valence-electron chi connectivity index (χ2n) is 5.88. The van der Waals surface area contributed by atoms with Crippen molar-refractivity contribution < 1.29 is 9.53 Å². The zero-order valence-electron chi connectivity index (χ0n) is 13.5. The SMILES string of the molecule is CC(Oc1ccc(Cl)cc1Cl)C(=O)NCCCN1CCCCC1. The van der Waals surface area contributed by atoms with Crippen LogP contribution in [0.15, 0.2) is 18.2 Å². The molecule has 0 aliphatic carbocycles. The molecule has 1 N–H and O–H groups in total. The van der Waals surface area contributed by atoms with Gasteiger partial charge in [0, 0.05) is 11.6 Å². The van der Waals surface area contributed by atoms with Crippen molar-refractivity contribution in [1.29, 1.82) is 0 Å². The van der Waals surface area contributed by atoms with Crippen LogP contribution in [0, 0.1) is 0 Å². The van der Waals surface area contributed by atoms with E-state index in [0.29, 0.717) is 22.3 Å². The molecule has 0 spiro atoms. The Hall–Kier alpha value is -0.970. The predicted molar refractivity (Wildman–Crippen MR) is 94.5 cm³/mol. The van der Waals surface area contributed by atoms with Gasteiger partial charge in [0.1, 0.15) is 5.75 Å². The van der Waals surface area contributed by atoms with Crippen molar-refractivity contribution in [3.05, 3.63) is 28.2 Å². The Bertz CT molecular complexity index is 519. The molecule has 1 heterocycles. The van der Waals surface area contributed by atoms with Crippen LogP contribution < -0.4 is 10.1 Å². The van der Waals surface area contributed by atoms with Crippen LogP contribution in [0.4, 0.5) is 0 Å². The first kappa shape index (κ1) is 18.4. The van der Waals surface area contributed by atoms with E-state index in [-0.39, 0.29) is 5.91 Å². The Morgan fingerprint density at radius 2 is 2.04 bits per heavy atom. The highest BCUT2D eigenvalue weighted by Crippen LogP contribution is 2.28. The van der Waals surface area contributed by atoms with E-state index in [0.717, 1.165) is 13.0 Å². The van der Waals surface area contributed by atoms with Crippen molar-refractivity contribution in [3.8, 4) is 5.75 Å². The van der Waals surface area contributed by atoms with Crippen LogP contribution in [-0.2, 0) is 4.79 Å². The molecule has 1 aliphatic rings. The third-order valence-electron chi connectivity index (χ3n) is 3.97. The summed E-state index contributed by atoms with van der Waals surface area (Å²) in [7, 11) is 0. The zero-order chi connectivity index (χ0) is 16.7. The average Bonchev–Trinajstić information content (AvgIpc) is 2.55. The highest BCUT2D eigenvalue weighted by Gasteiger charge is 2.16. The van der Waals surface area contributed by atoms with E-state index < -0.39 is 6.10 Å². The van der Waals surface area contributed by atoms with Crippen molar-refractivity contribution in [1.82, 2.24) is 10.2 Å². The van der Waals surface area contributed by atoms with E-state index in [1.54, 1.807) is 25.1 Å². The largest absolute Gasteiger partial charge is 0.479 e. The van der Waals surface area contributed by atoms with Gasteiger partial charge in [0.2, 0.25) is 0 Å². The number of ether oxygens (including phenoxy) is 1. The van der Waals surface area contributed by atoms with Crippen LogP contribution in [0.25, 0.3) is 0 Å². The molecule has 0 radical (unpaired) electrons. The Labute approximate surface area is 148 Å². The number of piperidine rings is 1. The average molecular weight is 359 g/mol. The Balaban J connectivity index is 1.68. The molecule has 1 aromatic carbocycles. The number of amides is 1. The van der Waals surface area contributed by atoms with E-state index in [2.05, 4.69) is 10.2 Å². The molecule has 0 aromatic heterocycles. The quantitative estimate of drug-likeness (QED) is 0.754. The summed E-state index contributed by atoms with van der Waals surface area (Å²) in [4.78, 5) is 14.5. The lowest BCUT2D eigenvalue weighted by atomic mass is 10.1. The highest BCUT2D eigenvalue weighted by atomic mass is 35.5. The molecule has 2 rings (SSSR count). The summed E-state index contributed by atoms with van der Waals surface area (Å²) in [6.07, 6.45) is 4.29. The van der Waals surface area contributed by atoms with Crippen molar-refractivity contribution in [2.24, 2.45) is 0 Å². The summed E-state index contributed by atoms with van der Waals surface area (Å²) in [5.41, 5.74) is 0. The van der Waals surface area contributed by atoms with Crippen molar-refractivity contribution >= 4 is 29.1 Å². The minimum atomic E-state index is -0.594. The summed E-state index contributed by atoms with van der Waals surface area (Å²) in [5, 5.41) is 3.86.